The van der Waals surface area contributed by atoms with E-state index >= 15 is 0 Å². The van der Waals surface area contributed by atoms with E-state index in [-0.39, 0.29) is 0 Å². The van der Waals surface area contributed by atoms with Gasteiger partial charge in [-0.1, -0.05) is 19.3 Å². The third-order valence-corrected chi connectivity index (χ3v) is 2.30. The smallest absolute Gasteiger partial charge is 0.417 e. The van der Waals surface area contributed by atoms with Crippen LogP contribution in [0.3, 0.4) is 0 Å². The molecule has 0 saturated heterocycles. The summed E-state index contributed by atoms with van der Waals surface area (Å²) in [6.45, 7) is 2.62. The number of rotatable bonds is 5. The molecule has 0 atom stereocenters. The van der Waals surface area contributed by atoms with E-state index in [0.29, 0.717) is 12.6 Å². The van der Waals surface area contributed by atoms with E-state index in [1.807, 2.05) is 0 Å². The lowest BCUT2D eigenvalue weighted by Crippen LogP contribution is -2.33. The minimum atomic E-state index is 0.444. The highest BCUT2D eigenvalue weighted by Gasteiger charge is 2.11. The molecular formula is C9H16NO2. The Morgan fingerprint density at radius 2 is 2.08 bits per heavy atom. The summed E-state index contributed by atoms with van der Waals surface area (Å²) in [5.74, 6) is 0. The van der Waals surface area contributed by atoms with E-state index < -0.39 is 0 Å². The Kier molecular flexibility index (Phi) is 4.76. The molecule has 1 N–H and O–H groups in total. The molecule has 3 nitrogen and oxygen atoms in total. The van der Waals surface area contributed by atoms with E-state index in [9.17, 15) is 4.79 Å². The zero-order valence-electron chi connectivity index (χ0n) is 7.34. The van der Waals surface area contributed by atoms with E-state index in [1.54, 1.807) is 0 Å². The Hall–Kier alpha value is -0.570. The molecule has 0 spiro atoms. The van der Waals surface area contributed by atoms with Gasteiger partial charge in [-0.25, -0.2) is 4.79 Å². The van der Waals surface area contributed by atoms with Gasteiger partial charge in [0, 0.05) is 12.6 Å². The number of hydrogen-bond donors (Lipinski definition) is 1. The number of ether oxygens (including phenoxy) is 1. The van der Waals surface area contributed by atoms with Gasteiger partial charge in [0.2, 0.25) is 0 Å². The molecule has 69 valence electrons. The van der Waals surface area contributed by atoms with Crippen LogP contribution in [0.5, 0.6) is 0 Å². The number of hydrogen-bond acceptors (Lipinski definition) is 3. The van der Waals surface area contributed by atoms with Crippen molar-refractivity contribution in [3.63, 3.8) is 0 Å². The van der Waals surface area contributed by atoms with Gasteiger partial charge in [-0.2, -0.15) is 0 Å². The standard InChI is InChI=1S/C9H16NO2/c11-8-12-7-6-10-9-4-2-1-3-5-9/h9-10H,1-7H2. The molecule has 12 heavy (non-hydrogen) atoms. The maximum atomic E-state index is 9.68. The van der Waals surface area contributed by atoms with E-state index in [1.165, 1.54) is 38.6 Å². The lowest BCUT2D eigenvalue weighted by atomic mass is 9.96. The Labute approximate surface area is 73.5 Å². The average Bonchev–Trinajstić information content (AvgIpc) is 2.14. The van der Waals surface area contributed by atoms with Crippen molar-refractivity contribution in [3.05, 3.63) is 0 Å². The first kappa shape index (κ1) is 9.52. The molecule has 0 aliphatic heterocycles. The summed E-state index contributed by atoms with van der Waals surface area (Å²) in [6.07, 6.45) is 6.57. The highest BCUT2D eigenvalue weighted by atomic mass is 16.5. The summed E-state index contributed by atoms with van der Waals surface area (Å²) in [4.78, 5) is 9.68. The lowest BCUT2D eigenvalue weighted by molar-refractivity contribution is 0.261. The molecule has 1 aliphatic carbocycles. The maximum absolute atomic E-state index is 9.68. The van der Waals surface area contributed by atoms with Crippen molar-refractivity contribution in [1.29, 1.82) is 0 Å². The molecule has 0 heterocycles. The van der Waals surface area contributed by atoms with Gasteiger partial charge >= 0.3 is 6.47 Å². The van der Waals surface area contributed by atoms with E-state index in [0.717, 1.165) is 6.54 Å². The fourth-order valence-electron chi connectivity index (χ4n) is 1.66. The quantitative estimate of drug-likeness (QED) is 0.625. The highest BCUT2D eigenvalue weighted by Crippen LogP contribution is 2.16. The Morgan fingerprint density at radius 3 is 2.75 bits per heavy atom. The molecule has 0 bridgehead atoms. The second-order valence-electron chi connectivity index (χ2n) is 3.22. The molecular weight excluding hydrogens is 154 g/mol. The van der Waals surface area contributed by atoms with Crippen molar-refractivity contribution in [2.45, 2.75) is 38.1 Å². The van der Waals surface area contributed by atoms with Crippen LogP contribution in [-0.2, 0) is 9.53 Å². The van der Waals surface area contributed by atoms with Gasteiger partial charge in [0.25, 0.3) is 0 Å². The summed E-state index contributed by atoms with van der Waals surface area (Å²) >= 11 is 0. The predicted molar refractivity (Wildman–Crippen MR) is 46.5 cm³/mol. The molecule has 1 saturated carbocycles. The largest absolute Gasteiger partial charge is 0.456 e. The molecule has 0 aromatic rings. The number of carbonyl (C=O) groups excluding carboxylic acids is 1. The molecule has 1 radical (unpaired) electrons. The summed E-state index contributed by atoms with van der Waals surface area (Å²) in [7, 11) is 0. The molecule has 0 unspecified atom stereocenters. The van der Waals surface area contributed by atoms with Gasteiger partial charge in [0.05, 0.1) is 0 Å². The average molecular weight is 170 g/mol. The van der Waals surface area contributed by atoms with Gasteiger partial charge in [0.1, 0.15) is 6.61 Å². The van der Waals surface area contributed by atoms with Crippen LogP contribution in [-0.4, -0.2) is 25.7 Å². The summed E-state index contributed by atoms with van der Waals surface area (Å²) < 4.78 is 4.46. The minimum Gasteiger partial charge on any atom is -0.456 e. The van der Waals surface area contributed by atoms with Crippen molar-refractivity contribution in [3.8, 4) is 0 Å². The number of nitrogens with one attached hydrogen (secondary N) is 1. The van der Waals surface area contributed by atoms with E-state index in [2.05, 4.69) is 10.1 Å². The molecule has 1 fully saturated rings. The van der Waals surface area contributed by atoms with Crippen molar-refractivity contribution in [1.82, 2.24) is 5.32 Å². The van der Waals surface area contributed by atoms with Crippen LogP contribution in [0.4, 0.5) is 0 Å². The Morgan fingerprint density at radius 1 is 1.33 bits per heavy atom. The Balaban J connectivity index is 1.94. The maximum Gasteiger partial charge on any atom is 0.417 e. The van der Waals surface area contributed by atoms with Crippen molar-refractivity contribution >= 4 is 6.47 Å². The zero-order valence-corrected chi connectivity index (χ0v) is 7.34. The van der Waals surface area contributed by atoms with Crippen LogP contribution in [0, 0.1) is 0 Å². The van der Waals surface area contributed by atoms with Gasteiger partial charge in [0.15, 0.2) is 0 Å². The van der Waals surface area contributed by atoms with Crippen LogP contribution in [0.15, 0.2) is 0 Å². The van der Waals surface area contributed by atoms with Gasteiger partial charge < -0.3 is 10.1 Å². The van der Waals surface area contributed by atoms with Crippen molar-refractivity contribution < 1.29 is 9.53 Å². The molecule has 0 amide bonds. The zero-order chi connectivity index (χ0) is 8.65. The van der Waals surface area contributed by atoms with Crippen molar-refractivity contribution in [2.24, 2.45) is 0 Å². The van der Waals surface area contributed by atoms with E-state index in [4.69, 9.17) is 0 Å². The monoisotopic (exact) mass is 170 g/mol. The lowest BCUT2D eigenvalue weighted by Gasteiger charge is -2.22. The second kappa shape index (κ2) is 6.00. The van der Waals surface area contributed by atoms with Crippen molar-refractivity contribution in [2.75, 3.05) is 13.2 Å². The second-order valence-corrected chi connectivity index (χ2v) is 3.22. The summed E-state index contributed by atoms with van der Waals surface area (Å²) in [5, 5.41) is 3.35. The molecule has 0 aromatic carbocycles. The van der Waals surface area contributed by atoms with Gasteiger partial charge in [-0.3, -0.25) is 0 Å². The van der Waals surface area contributed by atoms with Gasteiger partial charge in [-0.05, 0) is 12.8 Å². The fraction of sp³-hybridized carbons (Fsp3) is 0.889. The van der Waals surface area contributed by atoms with Crippen LogP contribution in [0.2, 0.25) is 0 Å². The summed E-state index contributed by atoms with van der Waals surface area (Å²) in [6, 6.07) is 0.647. The summed E-state index contributed by atoms with van der Waals surface area (Å²) in [5.41, 5.74) is 0. The molecule has 3 heteroatoms. The topological polar surface area (TPSA) is 38.3 Å². The van der Waals surface area contributed by atoms with Crippen LogP contribution < -0.4 is 5.32 Å². The van der Waals surface area contributed by atoms with Gasteiger partial charge in [-0.15, -0.1) is 0 Å². The van der Waals surface area contributed by atoms with Crippen LogP contribution in [0.25, 0.3) is 0 Å². The normalized spacial score (nSPS) is 19.0. The minimum absolute atomic E-state index is 0.444. The first-order valence-electron chi connectivity index (χ1n) is 4.66. The first-order valence-corrected chi connectivity index (χ1v) is 4.66. The fourth-order valence-corrected chi connectivity index (χ4v) is 1.66. The first-order chi connectivity index (χ1) is 5.93. The highest BCUT2D eigenvalue weighted by molar-refractivity contribution is 5.38. The SMILES string of the molecule is O=[C]OCCNC1CCCCC1. The third-order valence-electron chi connectivity index (χ3n) is 2.30. The van der Waals surface area contributed by atoms with Crippen LogP contribution >= 0.6 is 0 Å². The molecule has 1 aliphatic rings. The predicted octanol–water partition coefficient (Wildman–Crippen LogP) is 0.992. The Bertz CT molecular complexity index is 122. The van der Waals surface area contributed by atoms with Crippen LogP contribution in [0.1, 0.15) is 32.1 Å². The molecule has 0 aromatic heterocycles. The third kappa shape index (κ3) is 3.72. The molecule has 1 rings (SSSR count).